The predicted molar refractivity (Wildman–Crippen MR) is 81.3 cm³/mol. The number of nitrogens with one attached hydrogen (secondary N) is 3. The average molecular weight is 290 g/mol. The molecule has 112 valence electrons. The van der Waals surface area contributed by atoms with Crippen LogP contribution in [-0.4, -0.2) is 63.0 Å². The summed E-state index contributed by atoms with van der Waals surface area (Å²) < 4.78 is 0. The lowest BCUT2D eigenvalue weighted by Gasteiger charge is -2.15. The lowest BCUT2D eigenvalue weighted by molar-refractivity contribution is -0.130. The van der Waals surface area contributed by atoms with Gasteiger partial charge in [0, 0.05) is 45.1 Å². The molecule has 7 heteroatoms. The molecular formula is C12H27N4O2P. The maximum atomic E-state index is 12.0. The van der Waals surface area contributed by atoms with E-state index in [0.29, 0.717) is 31.3 Å². The van der Waals surface area contributed by atoms with Crippen LogP contribution in [0.1, 0.15) is 19.3 Å². The number of rotatable bonds is 6. The number of amides is 2. The maximum absolute atomic E-state index is 12.0. The Bertz CT molecular complexity index is 289. The Kier molecular flexibility index (Phi) is 8.89. The minimum atomic E-state index is -0.00887. The highest BCUT2D eigenvalue weighted by molar-refractivity contribution is 6.92. The van der Waals surface area contributed by atoms with Gasteiger partial charge in [0.15, 0.2) is 0 Å². The van der Waals surface area contributed by atoms with Crippen molar-refractivity contribution in [2.24, 2.45) is 0 Å². The molecule has 0 aromatic heterocycles. The highest BCUT2D eigenvalue weighted by Crippen LogP contribution is 2.12. The molecule has 2 amide bonds. The molecule has 1 unspecified atom stereocenters. The quantitative estimate of drug-likeness (QED) is 0.548. The first kappa shape index (κ1) is 18.3. The Morgan fingerprint density at radius 2 is 1.58 bits per heavy atom. The Hall–Kier alpha value is -0.710. The van der Waals surface area contributed by atoms with Crippen LogP contribution >= 0.6 is 9.90 Å². The van der Waals surface area contributed by atoms with Crippen molar-refractivity contribution in [2.45, 2.75) is 31.3 Å². The van der Waals surface area contributed by atoms with Crippen LogP contribution in [0.3, 0.4) is 0 Å². The van der Waals surface area contributed by atoms with Crippen molar-refractivity contribution < 1.29 is 9.59 Å². The first-order valence-electron chi connectivity index (χ1n) is 6.45. The number of likely N-dealkylation sites (N-methyl/N-ethyl adjacent to an activating group) is 2. The van der Waals surface area contributed by atoms with Gasteiger partial charge in [0.25, 0.3) is 0 Å². The molecule has 1 rings (SSSR count). The van der Waals surface area contributed by atoms with Crippen LogP contribution in [0.2, 0.25) is 0 Å². The van der Waals surface area contributed by atoms with E-state index in [1.165, 1.54) is 0 Å². The summed E-state index contributed by atoms with van der Waals surface area (Å²) in [6.07, 6.45) is 1.48. The molecule has 0 saturated carbocycles. The summed E-state index contributed by atoms with van der Waals surface area (Å²) in [4.78, 5) is 24.9. The Labute approximate surface area is 118 Å². The van der Waals surface area contributed by atoms with Gasteiger partial charge in [0.05, 0.1) is 0 Å². The zero-order valence-electron chi connectivity index (χ0n) is 12.2. The van der Waals surface area contributed by atoms with Gasteiger partial charge in [-0.25, -0.2) is 0 Å². The fraction of sp³-hybridized carbons (Fsp3) is 0.833. The average Bonchev–Trinajstić information content (AvgIpc) is 2.81. The second kappa shape index (κ2) is 9.23. The summed E-state index contributed by atoms with van der Waals surface area (Å²) in [6, 6.07) is 0.607. The number of hydrogen-bond acceptors (Lipinski definition) is 4. The van der Waals surface area contributed by atoms with Crippen molar-refractivity contribution in [3.63, 3.8) is 0 Å². The summed E-state index contributed by atoms with van der Waals surface area (Å²) in [6.45, 7) is 1.47. The topological polar surface area (TPSA) is 73.5 Å². The standard InChI is InChI=1S/C12H24N4O2.H3P/c1-13-9-7-16(8-10(9)14-2)12(18)6-4-5-11(17)15-3;/h9-10,13-14H,4-8H2,1-3H3,(H,15,17);1H3/t9-,10-;/m0./s1. The van der Waals surface area contributed by atoms with Gasteiger partial charge in [0.2, 0.25) is 11.8 Å². The molecule has 0 spiro atoms. The van der Waals surface area contributed by atoms with Crippen molar-refractivity contribution in [1.82, 2.24) is 20.9 Å². The maximum Gasteiger partial charge on any atom is 0.222 e. The predicted octanol–water partition coefficient (Wildman–Crippen LogP) is -1.02. The van der Waals surface area contributed by atoms with Gasteiger partial charge in [0.1, 0.15) is 0 Å². The number of hydrogen-bond donors (Lipinski definition) is 3. The van der Waals surface area contributed by atoms with E-state index in [-0.39, 0.29) is 21.7 Å². The first-order valence-corrected chi connectivity index (χ1v) is 6.45. The van der Waals surface area contributed by atoms with E-state index in [9.17, 15) is 9.59 Å². The van der Waals surface area contributed by atoms with Crippen LogP contribution in [-0.2, 0) is 9.59 Å². The molecule has 0 aliphatic carbocycles. The zero-order chi connectivity index (χ0) is 13.5. The molecule has 0 bridgehead atoms. The molecule has 1 heterocycles. The van der Waals surface area contributed by atoms with E-state index in [4.69, 9.17) is 0 Å². The van der Waals surface area contributed by atoms with E-state index < -0.39 is 0 Å². The van der Waals surface area contributed by atoms with Crippen molar-refractivity contribution in [1.29, 1.82) is 0 Å². The van der Waals surface area contributed by atoms with Crippen LogP contribution in [0.5, 0.6) is 0 Å². The third-order valence-corrected chi connectivity index (χ3v) is 3.49. The summed E-state index contributed by atoms with van der Waals surface area (Å²) in [5, 5.41) is 8.98. The van der Waals surface area contributed by atoms with Crippen LogP contribution in [0.4, 0.5) is 0 Å². The van der Waals surface area contributed by atoms with Gasteiger partial charge in [-0.15, -0.1) is 0 Å². The van der Waals surface area contributed by atoms with Crippen LogP contribution in [0.25, 0.3) is 0 Å². The van der Waals surface area contributed by atoms with E-state index in [0.717, 1.165) is 13.1 Å². The van der Waals surface area contributed by atoms with Gasteiger partial charge in [-0.3, -0.25) is 9.59 Å². The first-order chi connectivity index (χ1) is 8.62. The van der Waals surface area contributed by atoms with Gasteiger partial charge < -0.3 is 20.9 Å². The molecule has 1 fully saturated rings. The largest absolute Gasteiger partial charge is 0.359 e. The third-order valence-electron chi connectivity index (χ3n) is 3.49. The van der Waals surface area contributed by atoms with Crippen LogP contribution < -0.4 is 16.0 Å². The third kappa shape index (κ3) is 5.43. The number of carbonyl (C=O) groups is 2. The van der Waals surface area contributed by atoms with E-state index in [1.807, 2.05) is 19.0 Å². The fourth-order valence-corrected chi connectivity index (χ4v) is 2.28. The lowest BCUT2D eigenvalue weighted by atomic mass is 10.2. The second-order valence-electron chi connectivity index (χ2n) is 4.62. The van der Waals surface area contributed by atoms with E-state index in [1.54, 1.807) is 7.05 Å². The SMILES string of the molecule is CNC(=O)CCCC(=O)N1C[C@H](NC)[C@@H](NC)C1.P. The highest BCUT2D eigenvalue weighted by atomic mass is 31.0. The van der Waals surface area contributed by atoms with Gasteiger partial charge >= 0.3 is 0 Å². The number of carbonyl (C=O) groups excluding carboxylic acids is 2. The minimum absolute atomic E-state index is 0. The number of likely N-dealkylation sites (tertiary alicyclic amines) is 1. The van der Waals surface area contributed by atoms with Gasteiger partial charge in [-0.1, -0.05) is 0 Å². The molecule has 3 N–H and O–H groups in total. The normalized spacial score (nSPS) is 21.9. The summed E-state index contributed by atoms with van der Waals surface area (Å²) in [5.41, 5.74) is 0. The molecule has 0 aromatic rings. The molecule has 1 aliphatic rings. The van der Waals surface area contributed by atoms with Gasteiger partial charge in [-0.05, 0) is 20.5 Å². The van der Waals surface area contributed by atoms with E-state index >= 15 is 0 Å². The molecule has 0 radical (unpaired) electrons. The Balaban J connectivity index is 0.00000324. The molecule has 1 saturated heterocycles. The van der Waals surface area contributed by atoms with Crippen molar-refractivity contribution in [3.8, 4) is 0 Å². The van der Waals surface area contributed by atoms with Crippen molar-refractivity contribution >= 4 is 21.7 Å². The molecule has 6 nitrogen and oxygen atoms in total. The van der Waals surface area contributed by atoms with Crippen molar-refractivity contribution in [2.75, 3.05) is 34.2 Å². The van der Waals surface area contributed by atoms with Crippen LogP contribution in [0.15, 0.2) is 0 Å². The number of nitrogens with zero attached hydrogens (tertiary/aromatic N) is 1. The summed E-state index contributed by atoms with van der Waals surface area (Å²) in [5.74, 6) is 0.127. The van der Waals surface area contributed by atoms with Crippen LogP contribution in [0, 0.1) is 0 Å². The minimum Gasteiger partial charge on any atom is -0.359 e. The lowest BCUT2D eigenvalue weighted by Crippen LogP contribution is -2.43. The van der Waals surface area contributed by atoms with Gasteiger partial charge in [-0.2, -0.15) is 9.90 Å². The Morgan fingerprint density at radius 3 is 2.00 bits per heavy atom. The molecular weight excluding hydrogens is 263 g/mol. The molecule has 1 aliphatic heterocycles. The highest BCUT2D eigenvalue weighted by Gasteiger charge is 2.32. The summed E-state index contributed by atoms with van der Waals surface area (Å²) >= 11 is 0. The fourth-order valence-electron chi connectivity index (χ4n) is 2.28. The zero-order valence-corrected chi connectivity index (χ0v) is 13.6. The van der Waals surface area contributed by atoms with Crippen molar-refractivity contribution in [3.05, 3.63) is 0 Å². The smallest absolute Gasteiger partial charge is 0.222 e. The second-order valence-corrected chi connectivity index (χ2v) is 4.62. The van der Waals surface area contributed by atoms with E-state index in [2.05, 4.69) is 16.0 Å². The summed E-state index contributed by atoms with van der Waals surface area (Å²) in [7, 11) is 5.43. The molecule has 19 heavy (non-hydrogen) atoms. The Morgan fingerprint density at radius 1 is 1.05 bits per heavy atom. The molecule has 3 atom stereocenters. The molecule has 0 aromatic carbocycles. The monoisotopic (exact) mass is 290 g/mol.